The maximum Gasteiger partial charge on any atom is 0.435 e. The number of benzene rings is 2. The molecule has 0 saturated heterocycles. The van der Waals surface area contributed by atoms with Gasteiger partial charge in [0.15, 0.2) is 5.69 Å². The maximum absolute atomic E-state index is 13.2. The van der Waals surface area contributed by atoms with Crippen LogP contribution in [0.5, 0.6) is 0 Å². The number of alkyl halides is 3. The van der Waals surface area contributed by atoms with E-state index in [4.69, 9.17) is 23.2 Å². The molecule has 2 aromatic heterocycles. The second-order valence-corrected chi connectivity index (χ2v) is 8.19. The summed E-state index contributed by atoms with van der Waals surface area (Å²) in [7, 11) is 0. The van der Waals surface area contributed by atoms with E-state index in [1.807, 2.05) is 0 Å². The van der Waals surface area contributed by atoms with Gasteiger partial charge in [-0.25, -0.2) is 4.68 Å². The minimum atomic E-state index is -4.57. The molecular formula is C21H12Cl2F3N3OS. The Kier molecular flexibility index (Phi) is 5.79. The van der Waals surface area contributed by atoms with Crippen LogP contribution in [-0.2, 0) is 6.18 Å². The summed E-state index contributed by atoms with van der Waals surface area (Å²) >= 11 is 13.1. The van der Waals surface area contributed by atoms with E-state index in [1.165, 1.54) is 46.4 Å². The van der Waals surface area contributed by atoms with Gasteiger partial charge >= 0.3 is 6.18 Å². The van der Waals surface area contributed by atoms with Crippen LogP contribution >= 0.6 is 34.5 Å². The zero-order valence-corrected chi connectivity index (χ0v) is 17.8. The number of nitrogens with zero attached hydrogens (tertiary/aromatic N) is 2. The summed E-state index contributed by atoms with van der Waals surface area (Å²) in [6.07, 6.45) is -4.57. The van der Waals surface area contributed by atoms with Gasteiger partial charge in [-0.05, 0) is 60.0 Å². The Labute approximate surface area is 188 Å². The van der Waals surface area contributed by atoms with Crippen LogP contribution < -0.4 is 5.32 Å². The predicted octanol–water partition coefficient (Wildman–Crippen LogP) is 7.18. The summed E-state index contributed by atoms with van der Waals surface area (Å²) in [5.74, 6) is -0.403. The number of hydrogen-bond acceptors (Lipinski definition) is 3. The van der Waals surface area contributed by atoms with Crippen molar-refractivity contribution in [2.24, 2.45) is 0 Å². The normalized spacial score (nSPS) is 11.5. The number of halogens is 5. The van der Waals surface area contributed by atoms with Gasteiger partial charge < -0.3 is 5.32 Å². The number of aromatic nitrogens is 2. The van der Waals surface area contributed by atoms with Gasteiger partial charge in [-0.15, -0.1) is 11.3 Å². The van der Waals surface area contributed by atoms with Gasteiger partial charge in [-0.3, -0.25) is 4.79 Å². The van der Waals surface area contributed by atoms with Crippen LogP contribution in [-0.4, -0.2) is 15.7 Å². The Morgan fingerprint density at radius 1 is 1.00 bits per heavy atom. The summed E-state index contributed by atoms with van der Waals surface area (Å²) in [5.41, 5.74) is 0.499. The Morgan fingerprint density at radius 2 is 1.74 bits per heavy atom. The van der Waals surface area contributed by atoms with Crippen LogP contribution in [0.25, 0.3) is 16.3 Å². The first-order valence-corrected chi connectivity index (χ1v) is 10.4. The molecule has 10 heteroatoms. The number of thiophene rings is 1. The monoisotopic (exact) mass is 481 g/mol. The molecule has 4 rings (SSSR count). The lowest BCUT2D eigenvalue weighted by Gasteiger charge is -2.09. The molecule has 0 spiro atoms. The zero-order valence-electron chi connectivity index (χ0n) is 15.5. The van der Waals surface area contributed by atoms with Crippen LogP contribution in [0, 0.1) is 0 Å². The number of rotatable bonds is 4. The number of anilines is 1. The maximum atomic E-state index is 13.2. The molecule has 4 aromatic rings. The third kappa shape index (κ3) is 4.61. The van der Waals surface area contributed by atoms with E-state index < -0.39 is 17.8 Å². The van der Waals surface area contributed by atoms with Gasteiger partial charge in [0.1, 0.15) is 0 Å². The van der Waals surface area contributed by atoms with Crippen molar-refractivity contribution in [3.05, 3.63) is 87.3 Å². The quantitative estimate of drug-likeness (QED) is 0.335. The average Bonchev–Trinajstić information content (AvgIpc) is 3.40. The molecule has 0 bridgehead atoms. The van der Waals surface area contributed by atoms with Gasteiger partial charge in [0.25, 0.3) is 5.91 Å². The molecule has 1 amide bonds. The summed E-state index contributed by atoms with van der Waals surface area (Å²) in [6, 6.07) is 15.3. The van der Waals surface area contributed by atoms with Crippen LogP contribution in [0.2, 0.25) is 10.0 Å². The van der Waals surface area contributed by atoms with Gasteiger partial charge in [-0.1, -0.05) is 29.3 Å². The van der Waals surface area contributed by atoms with Crippen molar-refractivity contribution in [3.63, 3.8) is 0 Å². The molecule has 0 fully saturated rings. The Hall–Kier alpha value is -2.81. The van der Waals surface area contributed by atoms with Crippen molar-refractivity contribution in [2.45, 2.75) is 6.18 Å². The molecule has 31 heavy (non-hydrogen) atoms. The second-order valence-electron chi connectivity index (χ2n) is 6.43. The molecule has 2 heterocycles. The van der Waals surface area contributed by atoms with E-state index in [0.717, 1.165) is 6.07 Å². The second kappa shape index (κ2) is 8.37. The zero-order chi connectivity index (χ0) is 22.2. The number of carbonyl (C=O) groups is 1. The topological polar surface area (TPSA) is 46.9 Å². The number of amides is 1. The molecule has 0 aliphatic carbocycles. The Morgan fingerprint density at radius 3 is 2.35 bits per heavy atom. The Bertz CT molecular complexity index is 1240. The number of carbonyl (C=O) groups excluding carboxylic acids is 1. The molecular weight excluding hydrogens is 470 g/mol. The molecule has 4 nitrogen and oxygen atoms in total. The van der Waals surface area contributed by atoms with Crippen molar-refractivity contribution in [2.75, 3.05) is 5.32 Å². The smallest absolute Gasteiger partial charge is 0.322 e. The fourth-order valence-electron chi connectivity index (χ4n) is 2.85. The van der Waals surface area contributed by atoms with Crippen molar-refractivity contribution >= 4 is 46.1 Å². The van der Waals surface area contributed by atoms with Crippen LogP contribution in [0.1, 0.15) is 16.1 Å². The third-order valence-electron chi connectivity index (χ3n) is 4.32. The van der Waals surface area contributed by atoms with Gasteiger partial charge in [-0.2, -0.15) is 18.3 Å². The highest BCUT2D eigenvalue weighted by Gasteiger charge is 2.35. The molecule has 0 radical (unpaired) electrons. The van der Waals surface area contributed by atoms with E-state index in [-0.39, 0.29) is 0 Å². The number of nitrogens with one attached hydrogen (secondary N) is 1. The largest absolute Gasteiger partial charge is 0.435 e. The molecule has 0 aliphatic heterocycles. The summed E-state index contributed by atoms with van der Waals surface area (Å²) in [5, 5.41) is 8.87. The first-order chi connectivity index (χ1) is 14.7. The third-order valence-corrected chi connectivity index (χ3v) is 5.96. The van der Waals surface area contributed by atoms with Crippen molar-refractivity contribution < 1.29 is 18.0 Å². The lowest BCUT2D eigenvalue weighted by molar-refractivity contribution is -0.141. The van der Waals surface area contributed by atoms with Gasteiger partial charge in [0, 0.05) is 11.3 Å². The lowest BCUT2D eigenvalue weighted by Crippen LogP contribution is -2.12. The molecule has 2 aromatic carbocycles. The van der Waals surface area contributed by atoms with Crippen LogP contribution in [0.3, 0.4) is 0 Å². The van der Waals surface area contributed by atoms with E-state index >= 15 is 0 Å². The highest BCUT2D eigenvalue weighted by atomic mass is 35.5. The van der Waals surface area contributed by atoms with E-state index in [1.54, 1.807) is 29.6 Å². The molecule has 0 unspecified atom stereocenters. The van der Waals surface area contributed by atoms with Crippen LogP contribution in [0.4, 0.5) is 18.9 Å². The van der Waals surface area contributed by atoms with Gasteiger partial charge in [0.2, 0.25) is 0 Å². The molecule has 0 atom stereocenters. The molecule has 0 aliphatic rings. The van der Waals surface area contributed by atoms with Crippen molar-refractivity contribution in [1.82, 2.24) is 9.78 Å². The predicted molar refractivity (Wildman–Crippen MR) is 116 cm³/mol. The molecule has 0 saturated carbocycles. The summed E-state index contributed by atoms with van der Waals surface area (Å²) in [4.78, 5) is 13.1. The fraction of sp³-hybridized carbons (Fsp3) is 0.0476. The van der Waals surface area contributed by atoms with Crippen LogP contribution in [0.15, 0.2) is 66.0 Å². The summed E-state index contributed by atoms with van der Waals surface area (Å²) in [6.45, 7) is 0. The van der Waals surface area contributed by atoms with E-state index in [9.17, 15) is 18.0 Å². The molecule has 158 valence electrons. The average molecular weight is 482 g/mol. The fourth-order valence-corrected chi connectivity index (χ4v) is 3.87. The van der Waals surface area contributed by atoms with Gasteiger partial charge in [0.05, 0.1) is 26.3 Å². The lowest BCUT2D eigenvalue weighted by atomic mass is 10.2. The van der Waals surface area contributed by atoms with E-state index in [2.05, 4.69) is 10.4 Å². The summed E-state index contributed by atoms with van der Waals surface area (Å²) < 4.78 is 40.9. The minimum Gasteiger partial charge on any atom is -0.322 e. The minimum absolute atomic E-state index is 0.301. The first-order valence-electron chi connectivity index (χ1n) is 8.80. The standard InChI is InChI=1S/C21H12Cl2F3N3OS/c22-15-8-5-13(10-16(15)23)27-20(30)12-3-6-14(7-4-12)29-17(18-2-1-9-31-18)11-19(28-29)21(24,25)26/h1-11H,(H,27,30). The number of hydrogen-bond donors (Lipinski definition) is 1. The van der Waals surface area contributed by atoms with Crippen molar-refractivity contribution in [1.29, 1.82) is 0 Å². The highest BCUT2D eigenvalue weighted by molar-refractivity contribution is 7.13. The van der Waals surface area contributed by atoms with Crippen molar-refractivity contribution in [3.8, 4) is 16.3 Å². The molecule has 1 N–H and O–H groups in total. The first kappa shape index (κ1) is 21.4. The highest BCUT2D eigenvalue weighted by Crippen LogP contribution is 2.34. The Balaban J connectivity index is 1.63. The SMILES string of the molecule is O=C(Nc1ccc(Cl)c(Cl)c1)c1ccc(-n2nc(C(F)(F)F)cc2-c2cccs2)cc1. The van der Waals surface area contributed by atoms with E-state index in [0.29, 0.717) is 37.6 Å².